The van der Waals surface area contributed by atoms with Gasteiger partial charge >= 0.3 is 0 Å². The van der Waals surface area contributed by atoms with Gasteiger partial charge in [-0.3, -0.25) is 0 Å². The molecule has 0 spiro atoms. The standard InChI is InChI=1S/C11H24O/c1-4-10(5-2)7-8-11(6-3)9-12/h10-12H,4-9H2,1-3H3. The average Bonchev–Trinajstić information content (AvgIpc) is 2.13. The molecule has 12 heavy (non-hydrogen) atoms. The van der Waals surface area contributed by atoms with Gasteiger partial charge < -0.3 is 5.11 Å². The van der Waals surface area contributed by atoms with Crippen molar-refractivity contribution in [3.8, 4) is 0 Å². The normalized spacial score (nSPS) is 13.8. The third-order valence-corrected chi connectivity index (χ3v) is 2.97. The summed E-state index contributed by atoms with van der Waals surface area (Å²) in [6, 6.07) is 0. The molecule has 1 N–H and O–H groups in total. The van der Waals surface area contributed by atoms with Gasteiger partial charge in [0.1, 0.15) is 0 Å². The van der Waals surface area contributed by atoms with Crippen molar-refractivity contribution in [3.05, 3.63) is 0 Å². The van der Waals surface area contributed by atoms with Crippen LogP contribution in [0.5, 0.6) is 0 Å². The van der Waals surface area contributed by atoms with Crippen LogP contribution in [0.1, 0.15) is 52.9 Å². The van der Waals surface area contributed by atoms with Crippen molar-refractivity contribution in [2.45, 2.75) is 52.9 Å². The summed E-state index contributed by atoms with van der Waals surface area (Å²) < 4.78 is 0. The molecule has 0 bridgehead atoms. The van der Waals surface area contributed by atoms with Gasteiger partial charge in [0, 0.05) is 6.61 Å². The van der Waals surface area contributed by atoms with Gasteiger partial charge in [-0.1, -0.05) is 46.5 Å². The first kappa shape index (κ1) is 12.0. The van der Waals surface area contributed by atoms with E-state index in [4.69, 9.17) is 5.11 Å². The summed E-state index contributed by atoms with van der Waals surface area (Å²) in [6.45, 7) is 7.05. The number of hydrogen-bond acceptors (Lipinski definition) is 1. The Morgan fingerprint density at radius 1 is 0.833 bits per heavy atom. The van der Waals surface area contributed by atoms with Gasteiger partial charge in [0.05, 0.1) is 0 Å². The fraction of sp³-hybridized carbons (Fsp3) is 1.00. The second-order valence-electron chi connectivity index (χ2n) is 3.72. The zero-order chi connectivity index (χ0) is 9.40. The van der Waals surface area contributed by atoms with Gasteiger partial charge in [-0.15, -0.1) is 0 Å². The van der Waals surface area contributed by atoms with E-state index < -0.39 is 0 Å². The van der Waals surface area contributed by atoms with E-state index >= 15 is 0 Å². The molecule has 0 aliphatic carbocycles. The largest absolute Gasteiger partial charge is 0.396 e. The minimum atomic E-state index is 0.372. The van der Waals surface area contributed by atoms with Crippen LogP contribution in [-0.2, 0) is 0 Å². The van der Waals surface area contributed by atoms with E-state index in [9.17, 15) is 0 Å². The van der Waals surface area contributed by atoms with Gasteiger partial charge in [-0.2, -0.15) is 0 Å². The molecule has 0 aliphatic heterocycles. The Morgan fingerprint density at radius 2 is 1.25 bits per heavy atom. The van der Waals surface area contributed by atoms with Crippen molar-refractivity contribution in [2.24, 2.45) is 11.8 Å². The van der Waals surface area contributed by atoms with Gasteiger partial charge in [-0.25, -0.2) is 0 Å². The Hall–Kier alpha value is -0.0400. The molecule has 0 aromatic heterocycles. The minimum Gasteiger partial charge on any atom is -0.396 e. The Kier molecular flexibility index (Phi) is 7.58. The van der Waals surface area contributed by atoms with Gasteiger partial charge in [0.2, 0.25) is 0 Å². The van der Waals surface area contributed by atoms with Crippen molar-refractivity contribution in [1.82, 2.24) is 0 Å². The lowest BCUT2D eigenvalue weighted by Crippen LogP contribution is -2.07. The number of rotatable bonds is 7. The third kappa shape index (κ3) is 4.76. The molecule has 0 aromatic carbocycles. The highest BCUT2D eigenvalue weighted by atomic mass is 16.3. The third-order valence-electron chi connectivity index (χ3n) is 2.97. The zero-order valence-electron chi connectivity index (χ0n) is 8.84. The molecule has 0 saturated carbocycles. The second-order valence-corrected chi connectivity index (χ2v) is 3.72. The first-order valence-corrected chi connectivity index (χ1v) is 5.39. The topological polar surface area (TPSA) is 20.2 Å². The molecule has 0 rings (SSSR count). The number of aliphatic hydroxyl groups is 1. The molecule has 74 valence electrons. The summed E-state index contributed by atoms with van der Waals surface area (Å²) in [5.41, 5.74) is 0. The fourth-order valence-corrected chi connectivity index (χ4v) is 1.59. The molecule has 0 aromatic rings. The minimum absolute atomic E-state index is 0.372. The maximum Gasteiger partial charge on any atom is 0.0459 e. The predicted octanol–water partition coefficient (Wildman–Crippen LogP) is 3.22. The Labute approximate surface area is 77.2 Å². The summed E-state index contributed by atoms with van der Waals surface area (Å²) in [7, 11) is 0. The summed E-state index contributed by atoms with van der Waals surface area (Å²) in [5, 5.41) is 8.98. The second kappa shape index (κ2) is 7.60. The van der Waals surface area contributed by atoms with Crippen LogP contribution in [0.15, 0.2) is 0 Å². The first-order valence-electron chi connectivity index (χ1n) is 5.39. The highest BCUT2D eigenvalue weighted by molar-refractivity contribution is 4.60. The first-order chi connectivity index (χ1) is 5.78. The van der Waals surface area contributed by atoms with E-state index in [0.717, 1.165) is 12.3 Å². The van der Waals surface area contributed by atoms with E-state index in [1.54, 1.807) is 0 Å². The lowest BCUT2D eigenvalue weighted by Gasteiger charge is -2.16. The van der Waals surface area contributed by atoms with Crippen LogP contribution in [0.4, 0.5) is 0 Å². The van der Waals surface area contributed by atoms with Crippen molar-refractivity contribution in [3.63, 3.8) is 0 Å². The Morgan fingerprint density at radius 3 is 1.58 bits per heavy atom. The highest BCUT2D eigenvalue weighted by Gasteiger charge is 2.08. The van der Waals surface area contributed by atoms with Crippen LogP contribution >= 0.6 is 0 Å². The monoisotopic (exact) mass is 172 g/mol. The molecule has 1 unspecified atom stereocenters. The zero-order valence-corrected chi connectivity index (χ0v) is 8.84. The van der Waals surface area contributed by atoms with Crippen LogP contribution < -0.4 is 0 Å². The smallest absolute Gasteiger partial charge is 0.0459 e. The molecule has 0 heterocycles. The highest BCUT2D eigenvalue weighted by Crippen LogP contribution is 2.19. The maximum atomic E-state index is 8.98. The van der Waals surface area contributed by atoms with Crippen LogP contribution in [0.25, 0.3) is 0 Å². The summed E-state index contributed by atoms with van der Waals surface area (Å²) in [5.74, 6) is 1.43. The quantitative estimate of drug-likeness (QED) is 0.625. The Bertz CT molecular complexity index is 71.0. The van der Waals surface area contributed by atoms with Crippen LogP contribution in [0.2, 0.25) is 0 Å². The summed E-state index contributed by atoms with van der Waals surface area (Å²) in [6.07, 6.45) is 6.21. The molecule has 0 aliphatic rings. The SMILES string of the molecule is CCC(CC)CCC(CC)CO. The molecule has 1 heteroatoms. The van der Waals surface area contributed by atoms with E-state index in [1.165, 1.54) is 25.7 Å². The van der Waals surface area contributed by atoms with Crippen LogP contribution in [-0.4, -0.2) is 11.7 Å². The van der Waals surface area contributed by atoms with Crippen molar-refractivity contribution in [1.29, 1.82) is 0 Å². The number of aliphatic hydroxyl groups excluding tert-OH is 1. The summed E-state index contributed by atoms with van der Waals surface area (Å²) >= 11 is 0. The Balaban J connectivity index is 3.49. The maximum absolute atomic E-state index is 8.98. The van der Waals surface area contributed by atoms with E-state index in [1.807, 2.05) is 0 Å². The number of hydrogen-bond donors (Lipinski definition) is 1. The van der Waals surface area contributed by atoms with Crippen molar-refractivity contribution < 1.29 is 5.11 Å². The predicted molar refractivity (Wildman–Crippen MR) is 54.2 cm³/mol. The van der Waals surface area contributed by atoms with Crippen molar-refractivity contribution in [2.75, 3.05) is 6.61 Å². The molecule has 0 amide bonds. The van der Waals surface area contributed by atoms with E-state index in [2.05, 4.69) is 20.8 Å². The van der Waals surface area contributed by atoms with Gasteiger partial charge in [-0.05, 0) is 18.3 Å². The molecule has 0 fully saturated rings. The molecule has 0 saturated heterocycles. The lowest BCUT2D eigenvalue weighted by molar-refractivity contribution is 0.205. The lowest BCUT2D eigenvalue weighted by atomic mass is 9.91. The van der Waals surface area contributed by atoms with Gasteiger partial charge in [0.15, 0.2) is 0 Å². The van der Waals surface area contributed by atoms with E-state index in [-0.39, 0.29) is 0 Å². The molecule has 0 radical (unpaired) electrons. The van der Waals surface area contributed by atoms with Crippen LogP contribution in [0, 0.1) is 11.8 Å². The van der Waals surface area contributed by atoms with Gasteiger partial charge in [0.25, 0.3) is 0 Å². The van der Waals surface area contributed by atoms with E-state index in [0.29, 0.717) is 12.5 Å². The van der Waals surface area contributed by atoms with Crippen LogP contribution in [0.3, 0.4) is 0 Å². The molecule has 1 nitrogen and oxygen atoms in total. The molecule has 1 atom stereocenters. The molecular formula is C11H24O. The summed E-state index contributed by atoms with van der Waals surface area (Å²) in [4.78, 5) is 0. The molecular weight excluding hydrogens is 148 g/mol. The average molecular weight is 172 g/mol. The fourth-order valence-electron chi connectivity index (χ4n) is 1.59. The van der Waals surface area contributed by atoms with Crippen molar-refractivity contribution >= 4 is 0 Å².